The predicted octanol–water partition coefficient (Wildman–Crippen LogP) is 0.621. The van der Waals surface area contributed by atoms with Crippen molar-refractivity contribution in [1.82, 2.24) is 4.31 Å². The van der Waals surface area contributed by atoms with E-state index in [9.17, 15) is 18.0 Å². The van der Waals surface area contributed by atoms with Crippen LogP contribution in [0.25, 0.3) is 0 Å². The third kappa shape index (κ3) is 2.52. The Labute approximate surface area is 122 Å². The first kappa shape index (κ1) is 15.5. The minimum atomic E-state index is -3.91. The quantitative estimate of drug-likeness (QED) is 0.848. The van der Waals surface area contributed by atoms with E-state index >= 15 is 0 Å². The van der Waals surface area contributed by atoms with E-state index < -0.39 is 28.0 Å². The number of nitrogens with one attached hydrogen (secondary N) is 1. The van der Waals surface area contributed by atoms with Gasteiger partial charge in [0.15, 0.2) is 0 Å². The van der Waals surface area contributed by atoms with E-state index in [1.807, 2.05) is 0 Å². The lowest BCUT2D eigenvalue weighted by Gasteiger charge is -2.18. The molecule has 0 aromatic heterocycles. The molecular weight excluding hydrogens is 296 g/mol. The number of likely N-dealkylation sites (N-methyl/N-ethyl adjacent to an activating group) is 1. The van der Waals surface area contributed by atoms with Crippen molar-refractivity contribution in [2.45, 2.75) is 24.2 Å². The number of carbonyl (C=O) groups is 2. The highest BCUT2D eigenvalue weighted by Gasteiger charge is 2.39. The van der Waals surface area contributed by atoms with Gasteiger partial charge in [-0.1, -0.05) is 0 Å². The summed E-state index contributed by atoms with van der Waals surface area (Å²) >= 11 is 0. The van der Waals surface area contributed by atoms with Crippen molar-refractivity contribution in [3.05, 3.63) is 23.8 Å². The molecule has 1 aliphatic rings. The number of fused-ring (bicyclic) bond motifs is 1. The summed E-state index contributed by atoms with van der Waals surface area (Å²) in [7, 11) is -2.71. The molecule has 114 valence electrons. The number of nitrogens with zero attached hydrogens (tertiary/aromatic N) is 1. The Kier molecular flexibility index (Phi) is 3.54. The van der Waals surface area contributed by atoms with Gasteiger partial charge in [-0.2, -0.15) is 4.31 Å². The monoisotopic (exact) mass is 312 g/mol. The maximum absolute atomic E-state index is 12.3. The van der Waals surface area contributed by atoms with Crippen molar-refractivity contribution in [3.63, 3.8) is 0 Å². The standard InChI is InChI=1S/C13H16N2O5S/c1-13(2)9-6-8(4-5-10(9)14-12(13)18)21(19,20)15(3)7-11(16)17/h4-6H,7H2,1-3H3,(H,14,18)(H,16,17). The van der Waals surface area contributed by atoms with Gasteiger partial charge >= 0.3 is 5.97 Å². The van der Waals surface area contributed by atoms with Crippen LogP contribution in [0.3, 0.4) is 0 Å². The van der Waals surface area contributed by atoms with E-state index in [-0.39, 0.29) is 10.8 Å². The largest absolute Gasteiger partial charge is 0.480 e. The van der Waals surface area contributed by atoms with Crippen LogP contribution >= 0.6 is 0 Å². The normalized spacial score (nSPS) is 16.7. The number of rotatable bonds is 4. The van der Waals surface area contributed by atoms with Gasteiger partial charge in [0.2, 0.25) is 15.9 Å². The molecule has 2 rings (SSSR count). The zero-order valence-electron chi connectivity index (χ0n) is 11.9. The highest BCUT2D eigenvalue weighted by atomic mass is 32.2. The summed E-state index contributed by atoms with van der Waals surface area (Å²) in [6.07, 6.45) is 0. The van der Waals surface area contributed by atoms with Crippen LogP contribution in [0.1, 0.15) is 19.4 Å². The molecule has 0 atom stereocenters. The number of hydrogen-bond acceptors (Lipinski definition) is 4. The van der Waals surface area contributed by atoms with Crippen LogP contribution in [0, 0.1) is 0 Å². The molecule has 0 fully saturated rings. The molecule has 0 saturated carbocycles. The van der Waals surface area contributed by atoms with Crippen molar-refractivity contribution < 1.29 is 23.1 Å². The van der Waals surface area contributed by atoms with Crippen molar-refractivity contribution in [1.29, 1.82) is 0 Å². The molecule has 1 heterocycles. The highest BCUT2D eigenvalue weighted by molar-refractivity contribution is 7.89. The third-order valence-corrected chi connectivity index (χ3v) is 5.35. The molecule has 21 heavy (non-hydrogen) atoms. The Balaban J connectivity index is 2.47. The van der Waals surface area contributed by atoms with E-state index in [1.54, 1.807) is 13.8 Å². The Morgan fingerprint density at radius 2 is 2.00 bits per heavy atom. The first-order chi connectivity index (χ1) is 9.56. The van der Waals surface area contributed by atoms with Crippen molar-refractivity contribution >= 4 is 27.6 Å². The van der Waals surface area contributed by atoms with Crippen LogP contribution in [-0.4, -0.2) is 43.3 Å². The fourth-order valence-corrected chi connectivity index (χ4v) is 3.31. The molecule has 0 saturated heterocycles. The summed E-state index contributed by atoms with van der Waals surface area (Å²) in [6.45, 7) is 2.77. The first-order valence-corrected chi connectivity index (χ1v) is 7.65. The average molecular weight is 312 g/mol. The minimum Gasteiger partial charge on any atom is -0.480 e. The van der Waals surface area contributed by atoms with E-state index in [0.717, 1.165) is 4.31 Å². The number of anilines is 1. The number of carboxylic acid groups (broad SMARTS) is 1. The Hall–Kier alpha value is -1.93. The van der Waals surface area contributed by atoms with Crippen LogP contribution in [0.15, 0.2) is 23.1 Å². The van der Waals surface area contributed by atoms with E-state index in [1.165, 1.54) is 25.2 Å². The molecule has 1 aromatic carbocycles. The van der Waals surface area contributed by atoms with Crippen LogP contribution in [0.2, 0.25) is 0 Å². The number of hydrogen-bond donors (Lipinski definition) is 2. The van der Waals surface area contributed by atoms with Crippen molar-refractivity contribution in [2.24, 2.45) is 0 Å². The molecule has 0 spiro atoms. The lowest BCUT2D eigenvalue weighted by atomic mass is 9.86. The van der Waals surface area contributed by atoms with Crippen molar-refractivity contribution in [3.8, 4) is 0 Å². The molecule has 0 aliphatic carbocycles. The molecule has 1 amide bonds. The maximum Gasteiger partial charge on any atom is 0.318 e. The Bertz CT molecular complexity index is 724. The van der Waals surface area contributed by atoms with Gasteiger partial charge in [0.25, 0.3) is 0 Å². The summed E-state index contributed by atoms with van der Waals surface area (Å²) in [5, 5.41) is 11.4. The van der Waals surface area contributed by atoms with Gasteiger partial charge in [0.05, 0.1) is 10.3 Å². The molecule has 0 unspecified atom stereocenters. The summed E-state index contributed by atoms with van der Waals surface area (Å²) in [5.74, 6) is -1.44. The topological polar surface area (TPSA) is 104 Å². The number of aliphatic carboxylic acids is 1. The SMILES string of the molecule is CN(CC(=O)O)S(=O)(=O)c1ccc2c(c1)C(C)(C)C(=O)N2. The van der Waals surface area contributed by atoms with Crippen LogP contribution in [0.5, 0.6) is 0 Å². The zero-order chi connectivity index (χ0) is 16.0. The number of sulfonamides is 1. The fourth-order valence-electron chi connectivity index (χ4n) is 2.17. The van der Waals surface area contributed by atoms with Gasteiger partial charge in [0, 0.05) is 12.7 Å². The maximum atomic E-state index is 12.3. The van der Waals surface area contributed by atoms with Crippen LogP contribution in [0.4, 0.5) is 5.69 Å². The predicted molar refractivity (Wildman–Crippen MR) is 75.5 cm³/mol. The molecular formula is C13H16N2O5S. The molecule has 8 heteroatoms. The van der Waals surface area contributed by atoms with E-state index in [2.05, 4.69) is 5.32 Å². The molecule has 7 nitrogen and oxygen atoms in total. The number of benzene rings is 1. The van der Waals surface area contributed by atoms with Gasteiger partial charge < -0.3 is 10.4 Å². The molecule has 2 N–H and O–H groups in total. The van der Waals surface area contributed by atoms with E-state index in [4.69, 9.17) is 5.11 Å². The second-order valence-corrected chi connectivity index (χ2v) is 7.49. The Morgan fingerprint density at radius 3 is 2.57 bits per heavy atom. The van der Waals surface area contributed by atoms with Gasteiger partial charge in [-0.3, -0.25) is 9.59 Å². The number of carbonyl (C=O) groups excluding carboxylic acids is 1. The molecule has 0 radical (unpaired) electrons. The van der Waals surface area contributed by atoms with Gasteiger partial charge in [0.1, 0.15) is 6.54 Å². The second-order valence-electron chi connectivity index (χ2n) is 5.44. The third-order valence-electron chi connectivity index (χ3n) is 3.55. The van der Waals surface area contributed by atoms with Crippen LogP contribution < -0.4 is 5.32 Å². The van der Waals surface area contributed by atoms with Gasteiger partial charge in [-0.05, 0) is 37.6 Å². The average Bonchev–Trinajstić information content (AvgIpc) is 2.59. The van der Waals surface area contributed by atoms with Crippen molar-refractivity contribution in [2.75, 3.05) is 18.9 Å². The smallest absolute Gasteiger partial charge is 0.318 e. The minimum absolute atomic E-state index is 0.0328. The lowest BCUT2D eigenvalue weighted by molar-refractivity contribution is -0.137. The first-order valence-electron chi connectivity index (χ1n) is 6.21. The van der Waals surface area contributed by atoms with Gasteiger partial charge in [-0.25, -0.2) is 8.42 Å². The summed E-state index contributed by atoms with van der Waals surface area (Å²) < 4.78 is 25.4. The zero-order valence-corrected chi connectivity index (χ0v) is 12.7. The van der Waals surface area contributed by atoms with Gasteiger partial charge in [-0.15, -0.1) is 0 Å². The number of carboxylic acids is 1. The second kappa shape index (κ2) is 4.81. The molecule has 1 aliphatic heterocycles. The summed E-state index contributed by atoms with van der Waals surface area (Å²) in [4.78, 5) is 22.5. The van der Waals surface area contributed by atoms with E-state index in [0.29, 0.717) is 11.3 Å². The molecule has 0 bridgehead atoms. The van der Waals surface area contributed by atoms with Crippen LogP contribution in [-0.2, 0) is 25.0 Å². The fraction of sp³-hybridized carbons (Fsp3) is 0.385. The Morgan fingerprint density at radius 1 is 1.38 bits per heavy atom. The number of amides is 1. The highest BCUT2D eigenvalue weighted by Crippen LogP contribution is 2.38. The summed E-state index contributed by atoms with van der Waals surface area (Å²) in [5.41, 5.74) is 0.328. The lowest BCUT2D eigenvalue weighted by Crippen LogP contribution is -2.32. The molecule has 1 aromatic rings. The summed E-state index contributed by atoms with van der Waals surface area (Å²) in [6, 6.07) is 4.29.